The number of carboxylic acid groups (broad SMARTS) is 1. The molecule has 1 heterocycles. The van der Waals surface area contributed by atoms with Crippen molar-refractivity contribution in [1.82, 2.24) is 10.6 Å². The molecule has 3 aromatic carbocycles. The number of benzene rings is 3. The van der Waals surface area contributed by atoms with E-state index in [9.17, 15) is 75.9 Å². The number of Topliss-reactive ketones (excluding diaryl/α,β-unsaturated/α-hetero) is 1. The summed E-state index contributed by atoms with van der Waals surface area (Å²) in [5, 5.41) is 51.2. The Kier molecular flexibility index (Phi) is 15.7. The highest BCUT2D eigenvalue weighted by atomic mass is 19.2. The predicted molar refractivity (Wildman–Crippen MR) is 246 cm³/mol. The summed E-state index contributed by atoms with van der Waals surface area (Å²) in [6, 6.07) is 10.1. The van der Waals surface area contributed by atoms with E-state index in [1.807, 2.05) is 0 Å². The van der Waals surface area contributed by atoms with Crippen LogP contribution in [0.25, 0.3) is 0 Å². The van der Waals surface area contributed by atoms with E-state index in [2.05, 4.69) is 5.32 Å². The third kappa shape index (κ3) is 9.70. The lowest BCUT2D eigenvalue weighted by atomic mass is 9.44. The highest BCUT2D eigenvalue weighted by molar-refractivity contribution is 5.99. The molecule has 4 aliphatic rings. The lowest BCUT2D eigenvalue weighted by Gasteiger charge is -2.67. The van der Waals surface area contributed by atoms with Crippen molar-refractivity contribution in [2.75, 3.05) is 6.61 Å². The number of aliphatic carboxylic acids is 1. The number of carboxylic acids is 1. The Balaban J connectivity index is 1.32. The predicted octanol–water partition coefficient (Wildman–Crippen LogP) is 3.78. The van der Waals surface area contributed by atoms with E-state index in [0.717, 1.165) is 13.8 Å². The Labute approximate surface area is 429 Å². The van der Waals surface area contributed by atoms with Crippen molar-refractivity contribution >= 4 is 47.4 Å². The van der Waals surface area contributed by atoms with Crippen LogP contribution in [-0.2, 0) is 52.5 Å². The van der Waals surface area contributed by atoms with Crippen molar-refractivity contribution in [3.8, 4) is 0 Å². The van der Waals surface area contributed by atoms with Gasteiger partial charge in [0.05, 0.1) is 35.6 Å². The van der Waals surface area contributed by atoms with Crippen LogP contribution in [0.5, 0.6) is 0 Å². The number of aliphatic hydroxyl groups is 3. The molecule has 0 spiro atoms. The van der Waals surface area contributed by atoms with Crippen molar-refractivity contribution in [1.29, 1.82) is 0 Å². The number of carbonyl (C=O) groups is 8. The number of aliphatic hydroxyl groups excluding tert-OH is 2. The largest absolute Gasteiger partial charge is 0.481 e. The third-order valence-electron chi connectivity index (χ3n) is 15.2. The zero-order valence-corrected chi connectivity index (χ0v) is 41.5. The van der Waals surface area contributed by atoms with Crippen molar-refractivity contribution in [3.05, 3.63) is 118 Å². The zero-order valence-electron chi connectivity index (χ0n) is 41.5. The first-order chi connectivity index (χ1) is 35.5. The molecule has 6 N–H and O–H groups in total. The number of rotatable bonds is 15. The highest BCUT2D eigenvalue weighted by Gasteiger charge is 2.78. The fourth-order valence-corrected chi connectivity index (χ4v) is 11.2. The Hall–Kier alpha value is -7.15. The number of ketones is 1. The SMILES string of the molecule is CC(=O)O[C@H]1C(=O)[C@@]2(C)[C@H]([C@H](OC(=O)c3ccccc3)[C@]3(O)C[C@H](OC(=O)[C@H](O)[C@@H](NC(=O)[C@@H](CCC(=O)O)NC(=O)c4c(F)c(F)c(F)c(F)c4F)c4ccccc4)C(C)=C1C3(C)C)[C@]1(OC(C)=O)CO[C@@H]1C[C@@H]2O. The molecule has 19 nitrogen and oxygen atoms in total. The van der Waals surface area contributed by atoms with E-state index in [-0.39, 0.29) is 28.7 Å². The van der Waals surface area contributed by atoms with Crippen LogP contribution in [0.1, 0.15) is 99.5 Å². The Morgan fingerprint density at radius 1 is 0.816 bits per heavy atom. The van der Waals surface area contributed by atoms with Crippen LogP contribution in [0.15, 0.2) is 71.8 Å². The van der Waals surface area contributed by atoms with Gasteiger partial charge in [-0.25, -0.2) is 31.5 Å². The number of esters is 4. The third-order valence-corrected chi connectivity index (χ3v) is 15.2. The van der Waals surface area contributed by atoms with Gasteiger partial charge in [-0.2, -0.15) is 0 Å². The van der Waals surface area contributed by atoms with Gasteiger partial charge in [0.1, 0.15) is 35.5 Å². The fourth-order valence-electron chi connectivity index (χ4n) is 11.2. The molecule has 1 saturated heterocycles. The molecule has 0 aromatic heterocycles. The topological polar surface area (TPSA) is 288 Å². The monoisotopic (exact) mass is 1070 g/mol. The molecule has 0 unspecified atom stereocenters. The van der Waals surface area contributed by atoms with Crippen LogP contribution in [0.4, 0.5) is 22.0 Å². The second-order valence-electron chi connectivity index (χ2n) is 19.9. The van der Waals surface area contributed by atoms with Crippen molar-refractivity contribution in [2.45, 2.75) is 127 Å². The standard InChI is InChI=1S/C52H53F5N2O17/c1-22-28(74-48(70)40(65)39(25-13-9-7-10-14-25)59-45(67)27(17-18-31(63)64)58-46(68)32-34(53)36(55)38(57)37(56)35(32)54)20-52(71)44(75-47(69)26-15-11-8-12-16-26)42-50(6,29(62)19-30-51(42,21-72-30)76-24(3)61)43(66)41(73-23(2)60)33(22)49(52,4)5/h7-16,27-30,39-42,44,62,65,71H,17-21H2,1-6H3,(H,58,68)(H,59,67)(H,63,64)/t27-,28+,29+,30-,39+,40-,41-,42+,44+,50-,51+,52-/m1/s1. The Morgan fingerprint density at radius 2 is 1.39 bits per heavy atom. The summed E-state index contributed by atoms with van der Waals surface area (Å²) in [4.78, 5) is 109. The molecule has 408 valence electrons. The Bertz CT molecular complexity index is 2880. The molecule has 2 saturated carbocycles. The minimum Gasteiger partial charge on any atom is -0.481 e. The first kappa shape index (κ1) is 56.6. The number of carbonyl (C=O) groups excluding carboxylic acids is 7. The van der Waals surface area contributed by atoms with Crippen LogP contribution in [0.2, 0.25) is 0 Å². The first-order valence-corrected chi connectivity index (χ1v) is 23.7. The van der Waals surface area contributed by atoms with Crippen LogP contribution in [-0.4, -0.2) is 128 Å². The van der Waals surface area contributed by atoms with Gasteiger partial charge in [-0.05, 0) is 49.1 Å². The zero-order chi connectivity index (χ0) is 56.1. The number of hydrogen-bond donors (Lipinski definition) is 6. The van der Waals surface area contributed by atoms with E-state index in [0.29, 0.717) is 0 Å². The smallest absolute Gasteiger partial charge is 0.338 e. The van der Waals surface area contributed by atoms with Crippen LogP contribution < -0.4 is 10.6 Å². The summed E-state index contributed by atoms with van der Waals surface area (Å²) in [6.07, 6.45) is -14.2. The molecule has 7 rings (SSSR count). The number of ether oxygens (including phenoxy) is 5. The average molecular weight is 1070 g/mol. The van der Waals surface area contributed by atoms with Gasteiger partial charge in [0.2, 0.25) is 11.7 Å². The van der Waals surface area contributed by atoms with Crippen molar-refractivity contribution in [3.63, 3.8) is 0 Å². The molecule has 24 heteroatoms. The molecule has 76 heavy (non-hydrogen) atoms. The molecule has 3 aromatic rings. The highest BCUT2D eigenvalue weighted by Crippen LogP contribution is 2.64. The lowest BCUT2D eigenvalue weighted by Crippen LogP contribution is -2.82. The van der Waals surface area contributed by atoms with E-state index < -0.39 is 185 Å². The second kappa shape index (κ2) is 21.1. The van der Waals surface area contributed by atoms with Gasteiger partial charge in [-0.3, -0.25) is 28.8 Å². The van der Waals surface area contributed by atoms with E-state index in [1.165, 1.54) is 82.3 Å². The van der Waals surface area contributed by atoms with Crippen molar-refractivity contribution < 1.29 is 104 Å². The molecule has 0 radical (unpaired) electrons. The summed E-state index contributed by atoms with van der Waals surface area (Å²) in [6.45, 7) is 7.08. The van der Waals surface area contributed by atoms with E-state index in [4.69, 9.17) is 23.7 Å². The molecule has 3 aliphatic carbocycles. The van der Waals surface area contributed by atoms with Gasteiger partial charge in [0, 0.05) is 38.5 Å². The molecule has 2 amide bonds. The maximum atomic E-state index is 15.6. The summed E-state index contributed by atoms with van der Waals surface area (Å²) < 4.78 is 101. The van der Waals surface area contributed by atoms with Gasteiger partial charge in [0.25, 0.3) is 5.91 Å². The molecule has 3 fully saturated rings. The van der Waals surface area contributed by atoms with Crippen LogP contribution >= 0.6 is 0 Å². The maximum absolute atomic E-state index is 15.6. The van der Waals surface area contributed by atoms with E-state index in [1.54, 1.807) is 11.4 Å². The molecule has 12 atom stereocenters. The summed E-state index contributed by atoms with van der Waals surface area (Å²) >= 11 is 0. The van der Waals surface area contributed by atoms with Gasteiger partial charge in [0.15, 0.2) is 46.9 Å². The maximum Gasteiger partial charge on any atom is 0.338 e. The van der Waals surface area contributed by atoms with Gasteiger partial charge in [-0.15, -0.1) is 0 Å². The summed E-state index contributed by atoms with van der Waals surface area (Å²) in [5.74, 6) is -25.2. The normalized spacial score (nSPS) is 28.5. The molecular formula is C52H53F5N2O17. The Morgan fingerprint density at radius 3 is 1.93 bits per heavy atom. The van der Waals surface area contributed by atoms with Crippen LogP contribution in [0, 0.1) is 45.8 Å². The van der Waals surface area contributed by atoms with Gasteiger partial charge in [-0.1, -0.05) is 62.4 Å². The van der Waals surface area contributed by atoms with Crippen LogP contribution in [0.3, 0.4) is 0 Å². The average Bonchev–Trinajstić information content (AvgIpc) is 3.53. The van der Waals surface area contributed by atoms with E-state index >= 15 is 4.79 Å². The number of hydrogen-bond acceptors (Lipinski definition) is 16. The fraction of sp³-hybridized carbons (Fsp3) is 0.462. The summed E-state index contributed by atoms with van der Waals surface area (Å²) in [5.41, 5.74) is -11.0. The molecule has 2 bridgehead atoms. The summed E-state index contributed by atoms with van der Waals surface area (Å²) in [7, 11) is 0. The van der Waals surface area contributed by atoms with Gasteiger partial charge >= 0.3 is 29.8 Å². The number of nitrogens with one attached hydrogen (secondary N) is 2. The minimum absolute atomic E-state index is 0.0544. The van der Waals surface area contributed by atoms with Crippen molar-refractivity contribution in [2.24, 2.45) is 16.7 Å². The number of amides is 2. The van der Waals surface area contributed by atoms with Gasteiger partial charge < -0.3 is 54.7 Å². The number of halogens is 5. The first-order valence-electron chi connectivity index (χ1n) is 23.7. The second-order valence-corrected chi connectivity index (χ2v) is 19.9. The molecule has 1 aliphatic heterocycles. The number of fused-ring (bicyclic) bond motifs is 5. The minimum atomic E-state index is -2.62. The molecular weight excluding hydrogens is 1020 g/mol. The lowest BCUT2D eigenvalue weighted by molar-refractivity contribution is -0.346. The quantitative estimate of drug-likeness (QED) is 0.0315.